The van der Waals surface area contributed by atoms with E-state index < -0.39 is 0 Å². The van der Waals surface area contributed by atoms with Gasteiger partial charge >= 0.3 is 0 Å². The van der Waals surface area contributed by atoms with E-state index in [2.05, 4.69) is 85.3 Å². The van der Waals surface area contributed by atoms with Crippen LogP contribution in [0.4, 0.5) is 5.69 Å². The van der Waals surface area contributed by atoms with Crippen LogP contribution >= 0.6 is 0 Å². The molecule has 3 rings (SSSR count). The molecule has 52 heavy (non-hydrogen) atoms. The van der Waals surface area contributed by atoms with Crippen LogP contribution < -0.4 is 4.90 Å². The second kappa shape index (κ2) is 28.0. The van der Waals surface area contributed by atoms with Gasteiger partial charge in [0.15, 0.2) is 0 Å². The van der Waals surface area contributed by atoms with E-state index in [0.29, 0.717) is 0 Å². The van der Waals surface area contributed by atoms with Gasteiger partial charge < -0.3 is 4.90 Å². The summed E-state index contributed by atoms with van der Waals surface area (Å²) in [6.45, 7) is 13.0. The molecule has 0 amide bonds. The first kappa shape index (κ1) is 43.8. The average molecular weight is 716 g/mol. The third-order valence-electron chi connectivity index (χ3n) is 11.0. The Hall–Kier alpha value is -2.56. The van der Waals surface area contributed by atoms with Crippen LogP contribution in [0.2, 0.25) is 0 Å². The van der Waals surface area contributed by atoms with Crippen LogP contribution in [0, 0.1) is 6.92 Å². The summed E-state index contributed by atoms with van der Waals surface area (Å²) < 4.78 is 4.72. The number of rotatable bonds is 33. The highest BCUT2D eigenvalue weighted by Crippen LogP contribution is 2.24. The van der Waals surface area contributed by atoms with E-state index >= 15 is 0 Å². The summed E-state index contributed by atoms with van der Waals surface area (Å²) in [4.78, 5) is 2.55. The smallest absolute Gasteiger partial charge is 0.114 e. The molecule has 3 aromatic rings. The van der Waals surface area contributed by atoms with Gasteiger partial charge in [0.1, 0.15) is 13.3 Å². The molecule has 0 N–H and O–H groups in total. The van der Waals surface area contributed by atoms with Crippen LogP contribution in [0.5, 0.6) is 0 Å². The average Bonchev–Trinajstić information content (AvgIpc) is 3.72. The van der Waals surface area contributed by atoms with E-state index in [0.717, 1.165) is 39.0 Å². The van der Waals surface area contributed by atoms with Crippen LogP contribution in [-0.4, -0.2) is 19.6 Å². The molecule has 0 atom stereocenters. The standard InChI is InChI=1S/C47H81N5/c1-6-10-14-18-22-26-33-43-38-45(35-28-24-20-16-12-8-3)51(48-43)40-50(47-37-31-30-32-42(47)5)41-52-46(36-29-25-21-17-13-9-4)39-44(49-52)34-27-23-19-15-11-7-2/h30-32,37-39H,6-29,33-36,40-41H2,1-5H3. The van der Waals surface area contributed by atoms with Crippen molar-refractivity contribution >= 4 is 5.69 Å². The lowest BCUT2D eigenvalue weighted by atomic mass is 10.1. The Morgan fingerprint density at radius 1 is 0.442 bits per heavy atom. The first-order chi connectivity index (χ1) is 25.6. The zero-order chi connectivity index (χ0) is 37.1. The molecule has 2 heterocycles. The number of aryl methyl sites for hydroxylation is 5. The first-order valence-corrected chi connectivity index (χ1v) is 22.5. The predicted molar refractivity (Wildman–Crippen MR) is 226 cm³/mol. The van der Waals surface area contributed by atoms with Gasteiger partial charge in [0.25, 0.3) is 0 Å². The molecule has 0 radical (unpaired) electrons. The molecule has 0 saturated heterocycles. The molecule has 1 aromatic carbocycles. The molecule has 0 aliphatic rings. The summed E-state index contributed by atoms with van der Waals surface area (Å²) in [5, 5.41) is 10.7. The molecule has 0 aliphatic carbocycles. The van der Waals surface area contributed by atoms with Gasteiger partial charge in [-0.1, -0.05) is 174 Å². The molecule has 0 unspecified atom stereocenters. The summed E-state index contributed by atoms with van der Waals surface area (Å²) in [5.41, 5.74) is 7.99. The third-order valence-corrected chi connectivity index (χ3v) is 11.0. The number of benzene rings is 1. The molecule has 0 spiro atoms. The zero-order valence-electron chi connectivity index (χ0n) is 34.9. The Morgan fingerprint density at radius 2 is 0.788 bits per heavy atom. The normalized spacial score (nSPS) is 11.6. The number of anilines is 1. The van der Waals surface area contributed by atoms with Crippen LogP contribution in [0.15, 0.2) is 36.4 Å². The van der Waals surface area contributed by atoms with Crippen molar-refractivity contribution in [3.05, 3.63) is 64.7 Å². The van der Waals surface area contributed by atoms with Gasteiger partial charge in [0.2, 0.25) is 0 Å². The van der Waals surface area contributed by atoms with Gasteiger partial charge in [0, 0.05) is 17.1 Å². The molecule has 0 fully saturated rings. The van der Waals surface area contributed by atoms with Gasteiger partial charge in [-0.3, -0.25) is 0 Å². The highest BCUT2D eigenvalue weighted by Gasteiger charge is 2.18. The van der Waals surface area contributed by atoms with Crippen LogP contribution in [-0.2, 0) is 39.0 Å². The molecule has 0 saturated carbocycles. The summed E-state index contributed by atoms with van der Waals surface area (Å²) in [5.74, 6) is 0. The quantitative estimate of drug-likeness (QED) is 0.0589. The van der Waals surface area contributed by atoms with Crippen LogP contribution in [0.25, 0.3) is 0 Å². The van der Waals surface area contributed by atoms with Gasteiger partial charge in [-0.15, -0.1) is 0 Å². The van der Waals surface area contributed by atoms with E-state index in [-0.39, 0.29) is 0 Å². The van der Waals surface area contributed by atoms with Gasteiger partial charge in [-0.2, -0.15) is 10.2 Å². The van der Waals surface area contributed by atoms with Crippen molar-refractivity contribution in [1.82, 2.24) is 19.6 Å². The predicted octanol–water partition coefficient (Wildman–Crippen LogP) is 14.1. The number of unbranched alkanes of at least 4 members (excludes halogenated alkanes) is 20. The molecule has 2 aromatic heterocycles. The molecule has 294 valence electrons. The first-order valence-electron chi connectivity index (χ1n) is 22.5. The minimum absolute atomic E-state index is 0.760. The molecular formula is C47H81N5. The maximum Gasteiger partial charge on any atom is 0.114 e. The van der Waals surface area contributed by atoms with Crippen molar-refractivity contribution in [3.8, 4) is 0 Å². The molecule has 0 bridgehead atoms. The highest BCUT2D eigenvalue weighted by molar-refractivity contribution is 5.52. The van der Waals surface area contributed by atoms with E-state index in [1.165, 1.54) is 188 Å². The maximum absolute atomic E-state index is 5.34. The number of hydrogen-bond donors (Lipinski definition) is 0. The highest BCUT2D eigenvalue weighted by atomic mass is 15.4. The SMILES string of the molecule is CCCCCCCCc1cc(CCCCCCCC)n(CN(Cn2nc(CCCCCCCC)cc2CCCCCCCC)c2ccccc2C)n1. The molecular weight excluding hydrogens is 635 g/mol. The van der Waals surface area contributed by atoms with Crippen LogP contribution in [0.3, 0.4) is 0 Å². The minimum atomic E-state index is 0.760. The fourth-order valence-electron chi connectivity index (χ4n) is 7.71. The van der Waals surface area contributed by atoms with Gasteiger partial charge in [0.05, 0.1) is 11.4 Å². The van der Waals surface area contributed by atoms with Crippen molar-refractivity contribution < 1.29 is 0 Å². The lowest BCUT2D eigenvalue weighted by molar-refractivity contribution is 0.466. The zero-order valence-corrected chi connectivity index (χ0v) is 34.9. The van der Waals surface area contributed by atoms with Crippen molar-refractivity contribution in [1.29, 1.82) is 0 Å². The van der Waals surface area contributed by atoms with E-state index in [4.69, 9.17) is 10.2 Å². The second-order valence-electron chi connectivity index (χ2n) is 15.9. The third kappa shape index (κ3) is 17.5. The van der Waals surface area contributed by atoms with Crippen LogP contribution in [0.1, 0.15) is 210 Å². The second-order valence-corrected chi connectivity index (χ2v) is 15.9. The van der Waals surface area contributed by atoms with Crippen molar-refractivity contribution in [2.24, 2.45) is 0 Å². The minimum Gasteiger partial charge on any atom is -0.332 e. The number of hydrogen-bond acceptors (Lipinski definition) is 3. The van der Waals surface area contributed by atoms with Gasteiger partial charge in [-0.25, -0.2) is 9.36 Å². The molecule has 0 aliphatic heterocycles. The van der Waals surface area contributed by atoms with Gasteiger partial charge in [-0.05, 0) is 82.1 Å². The molecule has 5 nitrogen and oxygen atoms in total. The van der Waals surface area contributed by atoms with E-state index in [9.17, 15) is 0 Å². The molecule has 5 heteroatoms. The fourth-order valence-corrected chi connectivity index (χ4v) is 7.71. The van der Waals surface area contributed by atoms with Crippen molar-refractivity contribution in [2.75, 3.05) is 4.90 Å². The maximum atomic E-state index is 5.34. The van der Waals surface area contributed by atoms with E-state index in [1.807, 2.05) is 0 Å². The topological polar surface area (TPSA) is 38.9 Å². The fraction of sp³-hybridized carbons (Fsp3) is 0.745. The summed E-state index contributed by atoms with van der Waals surface area (Å²) in [6, 6.07) is 13.8. The largest absolute Gasteiger partial charge is 0.332 e. The number of para-hydroxylation sites is 1. The number of aromatic nitrogens is 4. The Kier molecular flexibility index (Phi) is 23.6. The summed E-state index contributed by atoms with van der Waals surface area (Å²) >= 11 is 0. The lowest BCUT2D eigenvalue weighted by Gasteiger charge is -2.28. The Morgan fingerprint density at radius 3 is 1.17 bits per heavy atom. The Bertz CT molecular complexity index is 1210. The lowest BCUT2D eigenvalue weighted by Crippen LogP contribution is -2.32. The Balaban J connectivity index is 1.82. The Labute approximate surface area is 321 Å². The van der Waals surface area contributed by atoms with E-state index in [1.54, 1.807) is 0 Å². The summed E-state index contributed by atoms with van der Waals surface area (Å²) in [6.07, 6.45) is 36.2. The van der Waals surface area contributed by atoms with Crippen molar-refractivity contribution in [2.45, 2.75) is 228 Å². The number of nitrogens with zero attached hydrogens (tertiary/aromatic N) is 5. The summed E-state index contributed by atoms with van der Waals surface area (Å²) in [7, 11) is 0. The monoisotopic (exact) mass is 716 g/mol. The van der Waals surface area contributed by atoms with Crippen molar-refractivity contribution in [3.63, 3.8) is 0 Å².